The molecule has 0 aromatic carbocycles. The van der Waals surface area contributed by atoms with Crippen molar-refractivity contribution in [3.63, 3.8) is 0 Å². The van der Waals surface area contributed by atoms with Crippen molar-refractivity contribution >= 4 is 5.97 Å². The average Bonchev–Trinajstić information content (AvgIpc) is 2.81. The molecule has 0 spiro atoms. The molecule has 0 radical (unpaired) electrons. The first-order valence-corrected chi connectivity index (χ1v) is 5.35. The van der Waals surface area contributed by atoms with Crippen LogP contribution in [0.3, 0.4) is 0 Å². The third-order valence-electron chi connectivity index (χ3n) is 3.05. The van der Waals surface area contributed by atoms with Gasteiger partial charge in [-0.1, -0.05) is 12.8 Å². The van der Waals surface area contributed by atoms with E-state index < -0.39 is 5.97 Å². The highest BCUT2D eigenvalue weighted by molar-refractivity contribution is 5.90. The molecule has 0 unspecified atom stereocenters. The maximum absolute atomic E-state index is 11.0. The van der Waals surface area contributed by atoms with Crippen LogP contribution in [-0.2, 0) is 0 Å². The summed E-state index contributed by atoms with van der Waals surface area (Å²) >= 11 is 0. The third kappa shape index (κ3) is 1.89. The lowest BCUT2D eigenvalue weighted by molar-refractivity contribution is 0.0696. The first kappa shape index (κ1) is 10.6. The Morgan fingerprint density at radius 3 is 2.75 bits per heavy atom. The molecule has 1 aliphatic carbocycles. The van der Waals surface area contributed by atoms with E-state index in [0.29, 0.717) is 5.92 Å². The van der Waals surface area contributed by atoms with Crippen molar-refractivity contribution < 1.29 is 9.90 Å². The van der Waals surface area contributed by atoms with Crippen LogP contribution in [0.15, 0.2) is 12.3 Å². The fraction of sp³-hybridized carbons (Fsp3) is 0.417. The summed E-state index contributed by atoms with van der Waals surface area (Å²) in [5.41, 5.74) is 1.02. The van der Waals surface area contributed by atoms with Gasteiger partial charge in [-0.2, -0.15) is 5.26 Å². The van der Waals surface area contributed by atoms with E-state index in [1.165, 1.54) is 19.0 Å². The number of hydrogen-bond donors (Lipinski definition) is 1. The minimum absolute atomic E-state index is 0.0689. The largest absolute Gasteiger partial charge is 0.478 e. The zero-order chi connectivity index (χ0) is 11.5. The van der Waals surface area contributed by atoms with E-state index in [2.05, 4.69) is 4.98 Å². The molecule has 1 saturated carbocycles. The Morgan fingerprint density at radius 1 is 1.50 bits per heavy atom. The van der Waals surface area contributed by atoms with E-state index in [0.717, 1.165) is 18.5 Å². The molecule has 1 aromatic rings. The van der Waals surface area contributed by atoms with Gasteiger partial charge in [0.2, 0.25) is 0 Å². The molecule has 1 aromatic heterocycles. The average molecular weight is 216 g/mol. The van der Waals surface area contributed by atoms with Gasteiger partial charge in [0.1, 0.15) is 6.07 Å². The van der Waals surface area contributed by atoms with E-state index >= 15 is 0 Å². The molecular formula is C12H12N2O2. The fourth-order valence-corrected chi connectivity index (χ4v) is 2.18. The number of carboxylic acid groups (broad SMARTS) is 1. The molecule has 1 N–H and O–H groups in total. The lowest BCUT2D eigenvalue weighted by Crippen LogP contribution is -2.05. The number of nitrogens with zero attached hydrogens (tertiary/aromatic N) is 2. The predicted octanol–water partition coefficient (Wildman–Crippen LogP) is 2.31. The molecule has 1 aliphatic rings. The Bertz CT molecular complexity index is 457. The minimum atomic E-state index is -1.06. The summed E-state index contributed by atoms with van der Waals surface area (Å²) in [7, 11) is 0. The quantitative estimate of drug-likeness (QED) is 0.823. The Balaban J connectivity index is 2.39. The molecule has 0 amide bonds. The van der Waals surface area contributed by atoms with Gasteiger partial charge in [-0.3, -0.25) is 4.98 Å². The van der Waals surface area contributed by atoms with Crippen LogP contribution in [0, 0.1) is 11.3 Å². The first-order valence-electron chi connectivity index (χ1n) is 5.35. The number of aromatic nitrogens is 1. The number of pyridine rings is 1. The highest BCUT2D eigenvalue weighted by Crippen LogP contribution is 2.33. The molecule has 2 rings (SSSR count). The summed E-state index contributed by atoms with van der Waals surface area (Å²) in [6, 6.07) is 3.40. The van der Waals surface area contributed by atoms with Crippen LogP contribution in [-0.4, -0.2) is 16.1 Å². The van der Waals surface area contributed by atoms with Crippen molar-refractivity contribution in [2.24, 2.45) is 0 Å². The minimum Gasteiger partial charge on any atom is -0.478 e. The zero-order valence-corrected chi connectivity index (χ0v) is 8.81. The molecular weight excluding hydrogens is 204 g/mol. The lowest BCUT2D eigenvalue weighted by Gasteiger charge is -2.09. The fourth-order valence-electron chi connectivity index (χ4n) is 2.18. The van der Waals surface area contributed by atoms with Crippen molar-refractivity contribution in [1.29, 1.82) is 5.26 Å². The summed E-state index contributed by atoms with van der Waals surface area (Å²) in [6.07, 6.45) is 5.86. The normalized spacial score (nSPS) is 15.9. The summed E-state index contributed by atoms with van der Waals surface area (Å²) in [5.74, 6) is -0.691. The highest BCUT2D eigenvalue weighted by atomic mass is 16.4. The summed E-state index contributed by atoms with van der Waals surface area (Å²) in [5, 5.41) is 17.8. The molecule has 1 heterocycles. The molecule has 4 nitrogen and oxygen atoms in total. The van der Waals surface area contributed by atoms with Crippen LogP contribution in [0.4, 0.5) is 0 Å². The van der Waals surface area contributed by atoms with Gasteiger partial charge in [0.15, 0.2) is 0 Å². The van der Waals surface area contributed by atoms with Crippen LogP contribution < -0.4 is 0 Å². The Hall–Kier alpha value is -1.89. The standard InChI is InChI=1S/C12H12N2O2/c13-6-9-7-14-11(5-10(9)12(15)16)8-3-1-2-4-8/h5,7-8H,1-4H2,(H,15,16). The molecule has 16 heavy (non-hydrogen) atoms. The third-order valence-corrected chi connectivity index (χ3v) is 3.05. The van der Waals surface area contributed by atoms with E-state index in [9.17, 15) is 4.79 Å². The van der Waals surface area contributed by atoms with Crippen molar-refractivity contribution in [3.8, 4) is 6.07 Å². The smallest absolute Gasteiger partial charge is 0.337 e. The Morgan fingerprint density at radius 2 is 2.19 bits per heavy atom. The molecule has 1 fully saturated rings. The number of carbonyl (C=O) groups is 1. The molecule has 4 heteroatoms. The molecule has 0 atom stereocenters. The second-order valence-corrected chi connectivity index (χ2v) is 4.05. The number of rotatable bonds is 2. The second kappa shape index (κ2) is 4.31. The number of aromatic carboxylic acids is 1. The molecule has 0 bridgehead atoms. The molecule has 0 saturated heterocycles. The maximum atomic E-state index is 11.0. The molecule has 0 aliphatic heterocycles. The van der Waals surface area contributed by atoms with Crippen molar-refractivity contribution in [3.05, 3.63) is 29.1 Å². The van der Waals surface area contributed by atoms with Crippen LogP contribution in [0.25, 0.3) is 0 Å². The van der Waals surface area contributed by atoms with Gasteiger partial charge < -0.3 is 5.11 Å². The van der Waals surface area contributed by atoms with Crippen LogP contribution in [0.1, 0.15) is 53.2 Å². The van der Waals surface area contributed by atoms with Gasteiger partial charge in [-0.25, -0.2) is 4.79 Å². The highest BCUT2D eigenvalue weighted by Gasteiger charge is 2.21. The van der Waals surface area contributed by atoms with E-state index in [1.54, 1.807) is 6.07 Å². The summed E-state index contributed by atoms with van der Waals surface area (Å²) in [6.45, 7) is 0. The number of nitriles is 1. The van der Waals surface area contributed by atoms with Gasteiger partial charge in [0.05, 0.1) is 11.1 Å². The van der Waals surface area contributed by atoms with Crippen molar-refractivity contribution in [2.75, 3.05) is 0 Å². The van der Waals surface area contributed by atoms with E-state index in [1.807, 2.05) is 6.07 Å². The Labute approximate surface area is 93.5 Å². The maximum Gasteiger partial charge on any atom is 0.337 e. The second-order valence-electron chi connectivity index (χ2n) is 4.05. The molecule has 82 valence electrons. The summed E-state index contributed by atoms with van der Waals surface area (Å²) in [4.78, 5) is 15.2. The van der Waals surface area contributed by atoms with Gasteiger partial charge in [-0.05, 0) is 18.9 Å². The SMILES string of the molecule is N#Cc1cnc(C2CCCC2)cc1C(=O)O. The van der Waals surface area contributed by atoms with E-state index in [-0.39, 0.29) is 11.1 Å². The summed E-state index contributed by atoms with van der Waals surface area (Å²) < 4.78 is 0. The predicted molar refractivity (Wildman–Crippen MR) is 57.1 cm³/mol. The van der Waals surface area contributed by atoms with Crippen molar-refractivity contribution in [1.82, 2.24) is 4.98 Å². The lowest BCUT2D eigenvalue weighted by atomic mass is 10.00. The van der Waals surface area contributed by atoms with Crippen molar-refractivity contribution in [2.45, 2.75) is 31.6 Å². The van der Waals surface area contributed by atoms with Gasteiger partial charge >= 0.3 is 5.97 Å². The Kier molecular flexibility index (Phi) is 2.86. The van der Waals surface area contributed by atoms with Gasteiger partial charge in [0, 0.05) is 17.8 Å². The zero-order valence-electron chi connectivity index (χ0n) is 8.81. The number of carboxylic acids is 1. The van der Waals surface area contributed by atoms with E-state index in [4.69, 9.17) is 10.4 Å². The first-order chi connectivity index (χ1) is 7.72. The van der Waals surface area contributed by atoms with Gasteiger partial charge in [-0.15, -0.1) is 0 Å². The van der Waals surface area contributed by atoms with Crippen LogP contribution >= 0.6 is 0 Å². The van der Waals surface area contributed by atoms with Gasteiger partial charge in [0.25, 0.3) is 0 Å². The number of hydrogen-bond acceptors (Lipinski definition) is 3. The monoisotopic (exact) mass is 216 g/mol. The van der Waals surface area contributed by atoms with Crippen LogP contribution in [0.2, 0.25) is 0 Å². The topological polar surface area (TPSA) is 74.0 Å². The van der Waals surface area contributed by atoms with Crippen LogP contribution in [0.5, 0.6) is 0 Å².